The standard InChI is InChI=1S/C7H5N3O4S/c11-6(5-3-1-2-4-8-5)9-7(12)10-15(13)14/h1-4H,(H,9,11,12). The Hall–Kier alpha value is -2.09. The quantitative estimate of drug-likeness (QED) is 0.726. The van der Waals surface area contributed by atoms with E-state index in [4.69, 9.17) is 0 Å². The maximum absolute atomic E-state index is 11.2. The van der Waals surface area contributed by atoms with Crippen molar-refractivity contribution < 1.29 is 18.0 Å². The SMILES string of the molecule is O=C(N=S(=O)=O)NC(=O)c1ccccn1. The van der Waals surface area contributed by atoms with Crippen LogP contribution >= 0.6 is 0 Å². The van der Waals surface area contributed by atoms with Crippen molar-refractivity contribution in [3.05, 3.63) is 30.1 Å². The van der Waals surface area contributed by atoms with Crippen LogP contribution in [0.25, 0.3) is 0 Å². The van der Waals surface area contributed by atoms with E-state index >= 15 is 0 Å². The zero-order chi connectivity index (χ0) is 11.3. The largest absolute Gasteiger partial charge is 0.362 e. The fraction of sp³-hybridized carbons (Fsp3) is 0. The van der Waals surface area contributed by atoms with Gasteiger partial charge in [0.05, 0.1) is 0 Å². The van der Waals surface area contributed by atoms with Gasteiger partial charge in [0.1, 0.15) is 5.69 Å². The van der Waals surface area contributed by atoms with Gasteiger partial charge in [-0.2, -0.15) is 8.42 Å². The second-order valence-corrected chi connectivity index (χ2v) is 2.90. The normalized spacial score (nSPS) is 9.07. The molecule has 0 aliphatic carbocycles. The monoisotopic (exact) mass is 227 g/mol. The first-order chi connectivity index (χ1) is 7.09. The first-order valence-electron chi connectivity index (χ1n) is 3.67. The molecule has 0 saturated heterocycles. The maximum Gasteiger partial charge on any atom is 0.362 e. The number of nitrogens with zero attached hydrogens (tertiary/aromatic N) is 2. The molecule has 0 aromatic carbocycles. The summed E-state index contributed by atoms with van der Waals surface area (Å²) in [4.78, 5) is 25.5. The van der Waals surface area contributed by atoms with Gasteiger partial charge in [0.15, 0.2) is 0 Å². The van der Waals surface area contributed by atoms with Crippen molar-refractivity contribution in [2.24, 2.45) is 4.36 Å². The van der Waals surface area contributed by atoms with Crippen LogP contribution in [0.1, 0.15) is 10.5 Å². The predicted octanol–water partition coefficient (Wildman–Crippen LogP) is -0.00590. The molecule has 0 bridgehead atoms. The van der Waals surface area contributed by atoms with Crippen molar-refractivity contribution in [3.8, 4) is 0 Å². The Labute approximate surface area is 85.8 Å². The molecule has 78 valence electrons. The number of rotatable bonds is 1. The van der Waals surface area contributed by atoms with Crippen molar-refractivity contribution in [1.82, 2.24) is 10.3 Å². The minimum Gasteiger partial charge on any atom is -0.270 e. The number of carbonyl (C=O) groups excluding carboxylic acids is 2. The fourth-order valence-corrected chi connectivity index (χ4v) is 0.930. The first kappa shape index (κ1) is 11.0. The van der Waals surface area contributed by atoms with E-state index in [0.29, 0.717) is 0 Å². The van der Waals surface area contributed by atoms with Gasteiger partial charge in [-0.1, -0.05) is 10.4 Å². The molecule has 0 saturated carbocycles. The van der Waals surface area contributed by atoms with Gasteiger partial charge in [-0.15, -0.1) is 0 Å². The van der Waals surface area contributed by atoms with Crippen LogP contribution in [0.4, 0.5) is 4.79 Å². The molecular weight excluding hydrogens is 222 g/mol. The smallest absolute Gasteiger partial charge is 0.270 e. The van der Waals surface area contributed by atoms with E-state index in [9.17, 15) is 18.0 Å². The molecule has 0 radical (unpaired) electrons. The summed E-state index contributed by atoms with van der Waals surface area (Å²) < 4.78 is 22.5. The van der Waals surface area contributed by atoms with Crippen LogP contribution in [-0.4, -0.2) is 25.3 Å². The van der Waals surface area contributed by atoms with E-state index in [1.165, 1.54) is 12.3 Å². The van der Waals surface area contributed by atoms with E-state index in [1.54, 1.807) is 17.4 Å². The van der Waals surface area contributed by atoms with Crippen LogP contribution < -0.4 is 5.32 Å². The summed E-state index contributed by atoms with van der Waals surface area (Å²) >= 11 is 0. The summed E-state index contributed by atoms with van der Waals surface area (Å²) in [5.41, 5.74) is -0.00210. The van der Waals surface area contributed by atoms with Crippen molar-refractivity contribution in [2.45, 2.75) is 0 Å². The minimum absolute atomic E-state index is 0.00210. The van der Waals surface area contributed by atoms with Gasteiger partial charge < -0.3 is 0 Å². The highest BCUT2D eigenvalue weighted by Gasteiger charge is 2.09. The van der Waals surface area contributed by atoms with Gasteiger partial charge in [0.25, 0.3) is 5.91 Å². The molecule has 3 amide bonds. The predicted molar refractivity (Wildman–Crippen MR) is 48.4 cm³/mol. The number of hydrogen-bond acceptors (Lipinski definition) is 5. The molecule has 7 nitrogen and oxygen atoms in total. The lowest BCUT2D eigenvalue weighted by molar-refractivity contribution is 0.0961. The molecule has 0 unspecified atom stereocenters. The molecular formula is C7H5N3O4S. The highest BCUT2D eigenvalue weighted by atomic mass is 32.2. The van der Waals surface area contributed by atoms with Crippen LogP contribution in [0.3, 0.4) is 0 Å². The second-order valence-electron chi connectivity index (χ2n) is 2.28. The second kappa shape index (κ2) is 4.96. The number of hydrogen-bond donors (Lipinski definition) is 1. The molecule has 1 rings (SSSR count). The van der Waals surface area contributed by atoms with Crippen LogP contribution in [0.2, 0.25) is 0 Å². The van der Waals surface area contributed by atoms with Crippen molar-refractivity contribution >= 4 is 22.4 Å². The van der Waals surface area contributed by atoms with Crippen LogP contribution in [0.5, 0.6) is 0 Å². The van der Waals surface area contributed by atoms with Gasteiger partial charge in [-0.3, -0.25) is 15.1 Å². The van der Waals surface area contributed by atoms with E-state index in [1.807, 2.05) is 0 Å². The number of aromatic nitrogens is 1. The Morgan fingerprint density at radius 1 is 1.33 bits per heavy atom. The third kappa shape index (κ3) is 3.65. The maximum atomic E-state index is 11.2. The van der Waals surface area contributed by atoms with Gasteiger partial charge in [0.2, 0.25) is 0 Å². The lowest BCUT2D eigenvalue weighted by atomic mass is 10.3. The Bertz CT molecular complexity index is 500. The van der Waals surface area contributed by atoms with Crippen molar-refractivity contribution in [3.63, 3.8) is 0 Å². The van der Waals surface area contributed by atoms with Gasteiger partial charge in [0, 0.05) is 6.20 Å². The van der Waals surface area contributed by atoms with E-state index < -0.39 is 22.4 Å². The summed E-state index contributed by atoms with van der Waals surface area (Å²) in [6.45, 7) is 0. The highest BCUT2D eigenvalue weighted by Crippen LogP contribution is 1.92. The molecule has 0 aliphatic heterocycles. The molecule has 8 heteroatoms. The zero-order valence-corrected chi connectivity index (χ0v) is 8.06. The number of pyridine rings is 1. The third-order valence-corrected chi connectivity index (χ3v) is 1.59. The molecule has 1 aromatic heterocycles. The summed E-state index contributed by atoms with van der Waals surface area (Å²) in [5, 5.41) is 1.73. The number of imide groups is 1. The van der Waals surface area contributed by atoms with E-state index in [2.05, 4.69) is 9.35 Å². The molecule has 1 aromatic rings. The molecule has 15 heavy (non-hydrogen) atoms. The van der Waals surface area contributed by atoms with Crippen molar-refractivity contribution in [1.29, 1.82) is 0 Å². The van der Waals surface area contributed by atoms with E-state index in [0.717, 1.165) is 0 Å². The topological polar surface area (TPSA) is 106 Å². The minimum atomic E-state index is -2.88. The number of amides is 3. The van der Waals surface area contributed by atoms with Crippen molar-refractivity contribution in [2.75, 3.05) is 0 Å². The molecule has 0 atom stereocenters. The first-order valence-corrected chi connectivity index (χ1v) is 4.70. The number of nitrogens with one attached hydrogen (secondary N) is 1. The molecule has 0 aliphatic rings. The van der Waals surface area contributed by atoms with E-state index in [-0.39, 0.29) is 5.69 Å². The Morgan fingerprint density at radius 3 is 2.60 bits per heavy atom. The van der Waals surface area contributed by atoms with Gasteiger partial charge >= 0.3 is 16.5 Å². The summed E-state index contributed by atoms with van der Waals surface area (Å²) in [6.07, 6.45) is 1.36. The summed E-state index contributed by atoms with van der Waals surface area (Å²) in [6, 6.07) is 3.26. The summed E-state index contributed by atoms with van der Waals surface area (Å²) in [5.74, 6) is -0.810. The van der Waals surface area contributed by atoms with Crippen LogP contribution in [0.15, 0.2) is 28.8 Å². The molecule has 1 heterocycles. The molecule has 0 fully saturated rings. The van der Waals surface area contributed by atoms with Crippen LogP contribution in [0, 0.1) is 0 Å². The Morgan fingerprint density at radius 2 is 2.07 bits per heavy atom. The third-order valence-electron chi connectivity index (χ3n) is 1.28. The highest BCUT2D eigenvalue weighted by molar-refractivity contribution is 7.62. The van der Waals surface area contributed by atoms with Gasteiger partial charge in [-0.05, 0) is 12.1 Å². The lowest BCUT2D eigenvalue weighted by Crippen LogP contribution is -2.28. The lowest BCUT2D eigenvalue weighted by Gasteiger charge is -1.97. The average Bonchev–Trinajstić information content (AvgIpc) is 2.17. The summed E-state index contributed by atoms with van der Waals surface area (Å²) in [7, 11) is -2.88. The van der Waals surface area contributed by atoms with Crippen LogP contribution in [-0.2, 0) is 10.5 Å². The number of urea groups is 1. The molecule has 0 spiro atoms. The Kier molecular flexibility index (Phi) is 3.63. The number of carbonyl (C=O) groups is 2. The fourth-order valence-electron chi connectivity index (χ4n) is 0.749. The zero-order valence-electron chi connectivity index (χ0n) is 7.25. The molecule has 1 N–H and O–H groups in total. The van der Waals surface area contributed by atoms with Gasteiger partial charge in [-0.25, -0.2) is 4.79 Å². The average molecular weight is 227 g/mol. The Balaban J connectivity index is 2.73.